The molecule has 4 heteroatoms. The molecule has 0 aliphatic heterocycles. The molecule has 0 radical (unpaired) electrons. The molecule has 0 N–H and O–H groups in total. The first kappa shape index (κ1) is 39.3. The first-order valence-electron chi connectivity index (χ1n) is 25.7. The Hall–Kier alpha value is -6.70. The molecule has 9 aromatic rings. The molecule has 4 nitrogen and oxygen atoms in total. The monoisotopic (exact) mass is 878 g/mol. The molecule has 8 saturated carbocycles. The summed E-state index contributed by atoms with van der Waals surface area (Å²) in [4.78, 5) is 16.4. The van der Waals surface area contributed by atoms with Gasteiger partial charge in [0.15, 0.2) is 17.5 Å². The molecule has 0 atom stereocenters. The highest BCUT2D eigenvalue weighted by Crippen LogP contribution is 2.63. The zero-order valence-electron chi connectivity index (χ0n) is 38.6. The minimum atomic E-state index is 0.276. The SMILES string of the molecule is N#Cc1cc2cc(-c3ccc(-c4nc(-c5ccc(C67C[C@H]8C[C@@H](C6)C[C@@H](C7)C8)c6ccccc56)nc(-c5ccc(C67C[C@H]8C[C@@H](C6)C[C@@H](C7)C8)c6ccccc56)n4)cc3)ccc2c2ccccc12. The predicted octanol–water partition coefficient (Wildman–Crippen LogP) is 16.0. The van der Waals surface area contributed by atoms with E-state index in [1.807, 2.05) is 18.2 Å². The fraction of sp³-hybridized carbons (Fsp3) is 0.312. The van der Waals surface area contributed by atoms with E-state index in [-0.39, 0.29) is 10.8 Å². The molecule has 0 unspecified atom stereocenters. The van der Waals surface area contributed by atoms with Gasteiger partial charge < -0.3 is 0 Å². The van der Waals surface area contributed by atoms with Crippen molar-refractivity contribution in [1.29, 1.82) is 5.26 Å². The first-order chi connectivity index (χ1) is 33.4. The number of hydrogen-bond donors (Lipinski definition) is 0. The van der Waals surface area contributed by atoms with Crippen LogP contribution in [0.5, 0.6) is 0 Å². The van der Waals surface area contributed by atoms with Crippen molar-refractivity contribution in [1.82, 2.24) is 15.0 Å². The summed E-state index contributed by atoms with van der Waals surface area (Å²) in [5.41, 5.74) is 9.68. The van der Waals surface area contributed by atoms with E-state index in [0.29, 0.717) is 11.4 Å². The summed E-state index contributed by atoms with van der Waals surface area (Å²) in [5.74, 6) is 7.40. The van der Waals surface area contributed by atoms with Crippen molar-refractivity contribution in [2.24, 2.45) is 35.5 Å². The van der Waals surface area contributed by atoms with Gasteiger partial charge in [-0.25, -0.2) is 15.0 Å². The molecule has 8 bridgehead atoms. The van der Waals surface area contributed by atoms with E-state index in [4.69, 9.17) is 15.0 Å². The summed E-state index contributed by atoms with van der Waals surface area (Å²) in [5, 5.41) is 19.6. The van der Waals surface area contributed by atoms with Gasteiger partial charge in [-0.1, -0.05) is 133 Å². The topological polar surface area (TPSA) is 62.5 Å². The van der Waals surface area contributed by atoms with Crippen LogP contribution in [0.25, 0.3) is 88.4 Å². The average molecular weight is 879 g/mol. The van der Waals surface area contributed by atoms with Crippen LogP contribution < -0.4 is 0 Å². The number of nitriles is 1. The van der Waals surface area contributed by atoms with Crippen molar-refractivity contribution in [3.63, 3.8) is 0 Å². The Bertz CT molecular complexity index is 3400. The normalized spacial score (nSPS) is 27.7. The van der Waals surface area contributed by atoms with Crippen molar-refractivity contribution >= 4 is 43.1 Å². The minimum Gasteiger partial charge on any atom is -0.208 e. The van der Waals surface area contributed by atoms with Gasteiger partial charge in [-0.3, -0.25) is 0 Å². The highest BCUT2D eigenvalue weighted by molar-refractivity contribution is 6.11. The molecular formula is C64H54N4. The second-order valence-electron chi connectivity index (χ2n) is 22.7. The quantitative estimate of drug-likeness (QED) is 0.156. The zero-order chi connectivity index (χ0) is 44.7. The number of aromatic nitrogens is 3. The molecule has 0 saturated heterocycles. The van der Waals surface area contributed by atoms with Gasteiger partial charge >= 0.3 is 0 Å². The van der Waals surface area contributed by atoms with E-state index in [2.05, 4.69) is 133 Å². The van der Waals surface area contributed by atoms with Crippen molar-refractivity contribution in [3.8, 4) is 51.4 Å². The number of rotatable bonds is 6. The Labute approximate surface area is 398 Å². The standard InChI is InChI=1S/C64H54N4/c65-37-48-30-47-29-46(17-18-50(47)51-8-2-1-7-49(48)51)44-13-15-45(16-14-44)60-66-61(56-19-21-58(54-11-5-3-9-52(54)56)63-31-38-23-39(32-63)25-40(24-38)33-63)68-62(67-60)57-20-22-59(55-12-6-4-10-53(55)57)64-34-41-26-42(35-64)28-43(27-41)36-64/h1-22,29-30,38-43H,23-28,31-36H2/t38-,39+,40-,41-,42+,43-,63?,64?. The molecule has 8 fully saturated rings. The van der Waals surface area contributed by atoms with Gasteiger partial charge in [-0.15, -0.1) is 0 Å². The molecular weight excluding hydrogens is 825 g/mol. The minimum absolute atomic E-state index is 0.276. The largest absolute Gasteiger partial charge is 0.208 e. The lowest BCUT2D eigenvalue weighted by molar-refractivity contribution is -0.00462. The van der Waals surface area contributed by atoms with Gasteiger partial charge in [0.1, 0.15) is 0 Å². The number of hydrogen-bond acceptors (Lipinski definition) is 4. The van der Waals surface area contributed by atoms with Crippen molar-refractivity contribution in [2.45, 2.75) is 87.9 Å². The fourth-order valence-electron chi connectivity index (χ4n) is 16.7. The van der Waals surface area contributed by atoms with E-state index in [1.54, 1.807) is 11.1 Å². The maximum absolute atomic E-state index is 10.1. The Morgan fingerprint density at radius 1 is 0.368 bits per heavy atom. The van der Waals surface area contributed by atoms with Crippen LogP contribution in [0.1, 0.15) is 93.7 Å². The van der Waals surface area contributed by atoms with Crippen LogP contribution >= 0.6 is 0 Å². The third-order valence-electron chi connectivity index (χ3n) is 18.6. The second-order valence-corrected chi connectivity index (χ2v) is 22.7. The maximum atomic E-state index is 10.1. The van der Waals surface area contributed by atoms with Gasteiger partial charge in [0, 0.05) is 22.1 Å². The highest BCUT2D eigenvalue weighted by atomic mass is 15.0. The lowest BCUT2D eigenvalue weighted by Gasteiger charge is -2.57. The number of nitrogens with zero attached hydrogens (tertiary/aromatic N) is 4. The third-order valence-corrected chi connectivity index (χ3v) is 18.6. The van der Waals surface area contributed by atoms with Crippen LogP contribution in [0.15, 0.2) is 146 Å². The van der Waals surface area contributed by atoms with Gasteiger partial charge in [0.25, 0.3) is 0 Å². The maximum Gasteiger partial charge on any atom is 0.164 e. The van der Waals surface area contributed by atoms with Gasteiger partial charge in [0.2, 0.25) is 0 Å². The molecule has 68 heavy (non-hydrogen) atoms. The Balaban J connectivity index is 0.877. The molecule has 0 amide bonds. The fourth-order valence-corrected chi connectivity index (χ4v) is 16.7. The molecule has 1 heterocycles. The van der Waals surface area contributed by atoms with E-state index < -0.39 is 0 Å². The Morgan fingerprint density at radius 2 is 0.779 bits per heavy atom. The summed E-state index contributed by atoms with van der Waals surface area (Å²) < 4.78 is 0. The predicted molar refractivity (Wildman–Crippen MR) is 276 cm³/mol. The van der Waals surface area contributed by atoms with E-state index in [0.717, 1.165) is 96.5 Å². The second kappa shape index (κ2) is 14.7. The summed E-state index contributed by atoms with van der Waals surface area (Å²) in [6.07, 6.45) is 16.6. The zero-order valence-corrected chi connectivity index (χ0v) is 38.6. The summed E-state index contributed by atoms with van der Waals surface area (Å²) in [7, 11) is 0. The molecule has 1 aromatic heterocycles. The van der Waals surface area contributed by atoms with Crippen molar-refractivity contribution in [3.05, 3.63) is 162 Å². The van der Waals surface area contributed by atoms with Gasteiger partial charge in [-0.2, -0.15) is 5.26 Å². The van der Waals surface area contributed by atoms with Gasteiger partial charge in [-0.05, 0) is 195 Å². The highest BCUT2D eigenvalue weighted by Gasteiger charge is 2.53. The molecule has 8 aromatic carbocycles. The van der Waals surface area contributed by atoms with E-state index in [1.165, 1.54) is 98.6 Å². The van der Waals surface area contributed by atoms with Crippen molar-refractivity contribution in [2.75, 3.05) is 0 Å². The summed E-state index contributed by atoms with van der Waals surface area (Å²) >= 11 is 0. The van der Waals surface area contributed by atoms with Crippen LogP contribution in [0.4, 0.5) is 0 Å². The van der Waals surface area contributed by atoms with Crippen LogP contribution in [0.3, 0.4) is 0 Å². The lowest BCUT2D eigenvalue weighted by atomic mass is 9.47. The Morgan fingerprint density at radius 3 is 1.26 bits per heavy atom. The van der Waals surface area contributed by atoms with E-state index >= 15 is 0 Å². The molecule has 8 aliphatic rings. The van der Waals surface area contributed by atoms with Gasteiger partial charge in [0.05, 0.1) is 11.6 Å². The van der Waals surface area contributed by atoms with Crippen LogP contribution in [-0.2, 0) is 10.8 Å². The summed E-state index contributed by atoms with van der Waals surface area (Å²) in [6, 6.07) is 55.9. The number of fused-ring (bicyclic) bond motifs is 5. The Kier molecular flexibility index (Phi) is 8.47. The lowest BCUT2D eigenvalue weighted by Crippen LogP contribution is -2.48. The van der Waals surface area contributed by atoms with Crippen LogP contribution in [-0.4, -0.2) is 15.0 Å². The molecule has 330 valence electrons. The van der Waals surface area contributed by atoms with Crippen LogP contribution in [0.2, 0.25) is 0 Å². The molecule has 8 aliphatic carbocycles. The van der Waals surface area contributed by atoms with Crippen LogP contribution in [0, 0.1) is 46.8 Å². The smallest absolute Gasteiger partial charge is 0.164 e. The molecule has 0 spiro atoms. The third kappa shape index (κ3) is 6.00. The van der Waals surface area contributed by atoms with E-state index in [9.17, 15) is 5.26 Å². The average Bonchev–Trinajstić information content (AvgIpc) is 3.36. The number of benzene rings is 8. The first-order valence-corrected chi connectivity index (χ1v) is 25.7. The van der Waals surface area contributed by atoms with Crippen molar-refractivity contribution < 1.29 is 0 Å². The molecule has 17 rings (SSSR count). The summed E-state index contributed by atoms with van der Waals surface area (Å²) in [6.45, 7) is 0.